The standard InChI is InChI=1S/C23H16Cl2N2O4S/c1-30-14-6-3-12-4-8-20(31-2)16(15(12)10-14)11-17-21(28)26-23(32)27(22(17)29)13-5-7-18(24)19(25)9-13/h3-11H,1-2H3,(H,26,28,32). The minimum absolute atomic E-state index is 0.0536. The number of rotatable bonds is 4. The first kappa shape index (κ1) is 22.1. The van der Waals surface area contributed by atoms with E-state index in [1.807, 2.05) is 24.3 Å². The van der Waals surface area contributed by atoms with E-state index in [9.17, 15) is 9.59 Å². The van der Waals surface area contributed by atoms with Crippen LogP contribution in [-0.4, -0.2) is 31.1 Å². The van der Waals surface area contributed by atoms with Gasteiger partial charge in [-0.25, -0.2) is 0 Å². The summed E-state index contributed by atoms with van der Waals surface area (Å²) in [6, 6.07) is 13.8. The lowest BCUT2D eigenvalue weighted by Gasteiger charge is -2.29. The fourth-order valence-corrected chi connectivity index (χ4v) is 3.99. The van der Waals surface area contributed by atoms with E-state index in [0.29, 0.717) is 27.8 Å². The highest BCUT2D eigenvalue weighted by molar-refractivity contribution is 7.80. The first-order chi connectivity index (χ1) is 15.3. The average Bonchev–Trinajstić information content (AvgIpc) is 2.78. The lowest BCUT2D eigenvalue weighted by molar-refractivity contribution is -0.122. The Labute approximate surface area is 199 Å². The zero-order valence-electron chi connectivity index (χ0n) is 16.9. The second kappa shape index (κ2) is 8.78. The Morgan fingerprint density at radius 1 is 0.969 bits per heavy atom. The van der Waals surface area contributed by atoms with Crippen molar-refractivity contribution in [2.24, 2.45) is 0 Å². The number of ether oxygens (including phenoxy) is 2. The number of halogens is 2. The summed E-state index contributed by atoms with van der Waals surface area (Å²) in [5.41, 5.74) is 0.828. The first-order valence-electron chi connectivity index (χ1n) is 9.35. The molecule has 4 rings (SSSR count). The predicted octanol–water partition coefficient (Wildman–Crippen LogP) is 5.00. The largest absolute Gasteiger partial charge is 0.497 e. The molecule has 0 bridgehead atoms. The zero-order chi connectivity index (χ0) is 23.0. The number of methoxy groups -OCH3 is 2. The second-order valence-corrected chi connectivity index (χ2v) is 8.03. The molecule has 0 atom stereocenters. The molecule has 32 heavy (non-hydrogen) atoms. The molecule has 9 heteroatoms. The molecule has 1 aliphatic rings. The quantitative estimate of drug-likeness (QED) is 0.319. The molecule has 0 aliphatic carbocycles. The van der Waals surface area contributed by atoms with Crippen LogP contribution in [0, 0.1) is 0 Å². The monoisotopic (exact) mass is 486 g/mol. The molecule has 0 spiro atoms. The molecule has 162 valence electrons. The number of fused-ring (bicyclic) bond motifs is 1. The van der Waals surface area contributed by atoms with Gasteiger partial charge in [0, 0.05) is 5.56 Å². The first-order valence-corrected chi connectivity index (χ1v) is 10.5. The van der Waals surface area contributed by atoms with Gasteiger partial charge in [-0.15, -0.1) is 0 Å². The molecule has 0 unspecified atom stereocenters. The molecule has 1 fully saturated rings. The van der Waals surface area contributed by atoms with E-state index in [4.69, 9.17) is 44.9 Å². The van der Waals surface area contributed by atoms with Crippen molar-refractivity contribution in [2.75, 3.05) is 19.1 Å². The van der Waals surface area contributed by atoms with E-state index < -0.39 is 11.8 Å². The Bertz CT molecular complexity index is 1320. The number of amides is 2. The van der Waals surface area contributed by atoms with Crippen molar-refractivity contribution in [3.8, 4) is 11.5 Å². The van der Waals surface area contributed by atoms with E-state index in [0.717, 1.165) is 10.8 Å². The molecule has 3 aromatic carbocycles. The molecule has 1 saturated heterocycles. The van der Waals surface area contributed by atoms with Crippen molar-refractivity contribution in [1.82, 2.24) is 5.32 Å². The van der Waals surface area contributed by atoms with Crippen LogP contribution in [0.3, 0.4) is 0 Å². The van der Waals surface area contributed by atoms with Gasteiger partial charge in [0.1, 0.15) is 17.1 Å². The summed E-state index contributed by atoms with van der Waals surface area (Å²) in [6.45, 7) is 0. The van der Waals surface area contributed by atoms with Gasteiger partial charge in [0.15, 0.2) is 5.11 Å². The lowest BCUT2D eigenvalue weighted by Crippen LogP contribution is -2.54. The highest BCUT2D eigenvalue weighted by Gasteiger charge is 2.35. The van der Waals surface area contributed by atoms with Gasteiger partial charge in [-0.05, 0) is 65.5 Å². The molecule has 6 nitrogen and oxygen atoms in total. The third kappa shape index (κ3) is 3.90. The summed E-state index contributed by atoms with van der Waals surface area (Å²) in [5.74, 6) is -0.0890. The Kier molecular flexibility index (Phi) is 6.06. The Morgan fingerprint density at radius 3 is 2.41 bits per heavy atom. The molecule has 0 saturated carbocycles. The minimum atomic E-state index is -0.613. The van der Waals surface area contributed by atoms with Crippen molar-refractivity contribution < 1.29 is 19.1 Å². The van der Waals surface area contributed by atoms with Crippen molar-refractivity contribution in [3.05, 3.63) is 69.7 Å². The minimum Gasteiger partial charge on any atom is -0.497 e. The number of anilines is 1. The van der Waals surface area contributed by atoms with Gasteiger partial charge in [0.05, 0.1) is 30.0 Å². The summed E-state index contributed by atoms with van der Waals surface area (Å²) in [4.78, 5) is 27.3. The molecule has 1 aliphatic heterocycles. The van der Waals surface area contributed by atoms with Crippen LogP contribution in [0.2, 0.25) is 10.0 Å². The van der Waals surface area contributed by atoms with Gasteiger partial charge >= 0.3 is 0 Å². The van der Waals surface area contributed by atoms with Gasteiger partial charge in [-0.2, -0.15) is 0 Å². The second-order valence-electron chi connectivity index (χ2n) is 6.82. The van der Waals surface area contributed by atoms with E-state index in [1.54, 1.807) is 25.3 Å². The van der Waals surface area contributed by atoms with Gasteiger partial charge in [-0.3, -0.25) is 19.8 Å². The predicted molar refractivity (Wildman–Crippen MR) is 130 cm³/mol. The number of carbonyl (C=O) groups is 2. The van der Waals surface area contributed by atoms with Crippen LogP contribution in [0.4, 0.5) is 5.69 Å². The van der Waals surface area contributed by atoms with E-state index in [2.05, 4.69) is 5.32 Å². The molecule has 0 radical (unpaired) electrons. The third-order valence-corrected chi connectivity index (χ3v) is 6.03. The van der Waals surface area contributed by atoms with Gasteiger partial charge in [0.25, 0.3) is 11.8 Å². The van der Waals surface area contributed by atoms with Crippen molar-refractivity contribution in [3.63, 3.8) is 0 Å². The molecular formula is C23H16Cl2N2O4S. The molecule has 0 aromatic heterocycles. The summed E-state index contributed by atoms with van der Waals surface area (Å²) < 4.78 is 10.8. The van der Waals surface area contributed by atoms with Crippen LogP contribution >= 0.6 is 35.4 Å². The van der Waals surface area contributed by atoms with Gasteiger partial charge < -0.3 is 9.47 Å². The van der Waals surface area contributed by atoms with E-state index in [-0.39, 0.29) is 15.7 Å². The van der Waals surface area contributed by atoms with Gasteiger partial charge in [0.2, 0.25) is 0 Å². The fraction of sp³-hybridized carbons (Fsp3) is 0.0870. The van der Waals surface area contributed by atoms with Crippen LogP contribution in [0.25, 0.3) is 16.8 Å². The molecule has 1 heterocycles. The highest BCUT2D eigenvalue weighted by atomic mass is 35.5. The number of thiocarbonyl (C=S) groups is 1. The maximum atomic E-state index is 13.4. The Hall–Kier alpha value is -3.13. The summed E-state index contributed by atoms with van der Waals surface area (Å²) >= 11 is 17.3. The number of benzene rings is 3. The number of nitrogens with zero attached hydrogens (tertiary/aromatic N) is 1. The summed E-state index contributed by atoms with van der Waals surface area (Å²) in [5, 5.41) is 4.74. The normalized spacial score (nSPS) is 15.3. The Balaban J connectivity index is 1.88. The van der Waals surface area contributed by atoms with Crippen molar-refractivity contribution in [1.29, 1.82) is 0 Å². The molecular weight excluding hydrogens is 471 g/mol. The molecule has 2 amide bonds. The SMILES string of the molecule is COc1ccc2ccc(OC)c(C=C3C(=O)NC(=S)N(c4ccc(Cl)c(Cl)c4)C3=O)c2c1. The number of hydrogen-bond donors (Lipinski definition) is 1. The fourth-order valence-electron chi connectivity index (χ4n) is 3.42. The van der Waals surface area contributed by atoms with Crippen LogP contribution in [-0.2, 0) is 9.59 Å². The number of carbonyl (C=O) groups excluding carboxylic acids is 2. The summed E-state index contributed by atoms with van der Waals surface area (Å²) in [7, 11) is 3.08. The van der Waals surface area contributed by atoms with E-state index >= 15 is 0 Å². The number of hydrogen-bond acceptors (Lipinski definition) is 5. The highest BCUT2D eigenvalue weighted by Crippen LogP contribution is 2.34. The zero-order valence-corrected chi connectivity index (χ0v) is 19.3. The van der Waals surface area contributed by atoms with Gasteiger partial charge in [-0.1, -0.05) is 35.3 Å². The molecule has 1 N–H and O–H groups in total. The maximum absolute atomic E-state index is 13.4. The van der Waals surface area contributed by atoms with E-state index in [1.165, 1.54) is 24.2 Å². The van der Waals surface area contributed by atoms with Crippen molar-refractivity contribution >= 4 is 74.9 Å². The Morgan fingerprint density at radius 2 is 1.72 bits per heavy atom. The van der Waals surface area contributed by atoms with Crippen molar-refractivity contribution in [2.45, 2.75) is 0 Å². The smallest absolute Gasteiger partial charge is 0.270 e. The average molecular weight is 487 g/mol. The molecule has 3 aromatic rings. The maximum Gasteiger partial charge on any atom is 0.270 e. The topological polar surface area (TPSA) is 67.9 Å². The van der Waals surface area contributed by atoms with Crippen LogP contribution < -0.4 is 19.7 Å². The lowest BCUT2D eigenvalue weighted by atomic mass is 9.99. The summed E-state index contributed by atoms with van der Waals surface area (Å²) in [6.07, 6.45) is 1.49. The number of nitrogens with one attached hydrogen (secondary N) is 1. The van der Waals surface area contributed by atoms with Crippen LogP contribution in [0.1, 0.15) is 5.56 Å². The third-order valence-electron chi connectivity index (χ3n) is 5.00. The van der Waals surface area contributed by atoms with Crippen LogP contribution in [0.15, 0.2) is 54.1 Å². The van der Waals surface area contributed by atoms with Crippen LogP contribution in [0.5, 0.6) is 11.5 Å².